The quantitative estimate of drug-likeness (QED) is 0.794. The number of nitrogens with two attached hydrogens (primary N) is 1. The highest BCUT2D eigenvalue weighted by Gasteiger charge is 2.06. The first-order chi connectivity index (χ1) is 8.08. The lowest BCUT2D eigenvalue weighted by atomic mass is 10.2. The third kappa shape index (κ3) is 4.16. The van der Waals surface area contributed by atoms with Crippen molar-refractivity contribution >= 4 is 27.3 Å². The number of nitrogen functional groups attached to an aromatic ring is 1. The minimum absolute atomic E-state index is 0.301. The Morgan fingerprint density at radius 3 is 2.59 bits per heavy atom. The molecule has 1 aromatic carbocycles. The second-order valence-electron chi connectivity index (χ2n) is 3.81. The van der Waals surface area contributed by atoms with Crippen LogP contribution in [0.3, 0.4) is 0 Å². The van der Waals surface area contributed by atoms with Crippen molar-refractivity contribution in [2.24, 2.45) is 0 Å². The molecule has 0 radical (unpaired) electrons. The molecule has 0 atom stereocenters. The van der Waals surface area contributed by atoms with E-state index >= 15 is 0 Å². The van der Waals surface area contributed by atoms with E-state index in [1.807, 2.05) is 0 Å². The van der Waals surface area contributed by atoms with Gasteiger partial charge in [-0.1, -0.05) is 13.8 Å². The molecule has 0 aromatic heterocycles. The zero-order valence-electron chi connectivity index (χ0n) is 10.3. The van der Waals surface area contributed by atoms with Crippen LogP contribution in [0.1, 0.15) is 13.8 Å². The maximum absolute atomic E-state index is 13.3. The summed E-state index contributed by atoms with van der Waals surface area (Å²) in [6.45, 7) is 7.95. The van der Waals surface area contributed by atoms with E-state index in [0.717, 1.165) is 26.2 Å². The molecule has 1 rings (SSSR count). The summed E-state index contributed by atoms with van der Waals surface area (Å²) in [6, 6.07) is 3.00. The van der Waals surface area contributed by atoms with Gasteiger partial charge in [-0.05, 0) is 35.1 Å². The number of anilines is 2. The third-order valence-corrected chi connectivity index (χ3v) is 3.34. The first-order valence-corrected chi connectivity index (χ1v) is 6.58. The lowest BCUT2D eigenvalue weighted by Crippen LogP contribution is -2.28. The number of likely N-dealkylation sites (N-methyl/N-ethyl adjacent to an activating group) is 1. The molecular formula is C12H19BrFN3. The summed E-state index contributed by atoms with van der Waals surface area (Å²) in [5, 5.41) is 3.15. The molecule has 3 N–H and O–H groups in total. The largest absolute Gasteiger partial charge is 0.397 e. The molecular weight excluding hydrogens is 285 g/mol. The molecule has 0 saturated heterocycles. The van der Waals surface area contributed by atoms with Gasteiger partial charge in [0.1, 0.15) is 5.82 Å². The number of hydrogen-bond acceptors (Lipinski definition) is 3. The van der Waals surface area contributed by atoms with Gasteiger partial charge in [0, 0.05) is 19.2 Å². The molecule has 0 aliphatic rings. The van der Waals surface area contributed by atoms with Gasteiger partial charge in [-0.2, -0.15) is 0 Å². The van der Waals surface area contributed by atoms with Gasteiger partial charge < -0.3 is 16.0 Å². The van der Waals surface area contributed by atoms with Crippen LogP contribution in [-0.2, 0) is 0 Å². The summed E-state index contributed by atoms with van der Waals surface area (Å²) in [7, 11) is 0. The average Bonchev–Trinajstić information content (AvgIpc) is 2.31. The Labute approximate surface area is 110 Å². The fourth-order valence-electron chi connectivity index (χ4n) is 1.60. The molecule has 0 spiro atoms. The molecule has 17 heavy (non-hydrogen) atoms. The second kappa shape index (κ2) is 6.81. The predicted molar refractivity (Wildman–Crippen MR) is 74.8 cm³/mol. The van der Waals surface area contributed by atoms with Crippen LogP contribution >= 0.6 is 15.9 Å². The van der Waals surface area contributed by atoms with Gasteiger partial charge in [-0.15, -0.1) is 0 Å². The predicted octanol–water partition coefficient (Wildman–Crippen LogP) is 2.92. The highest BCUT2D eigenvalue weighted by Crippen LogP contribution is 2.26. The van der Waals surface area contributed by atoms with Gasteiger partial charge in [-0.25, -0.2) is 4.39 Å². The summed E-state index contributed by atoms with van der Waals surface area (Å²) < 4.78 is 13.7. The lowest BCUT2D eigenvalue weighted by molar-refractivity contribution is 0.316. The van der Waals surface area contributed by atoms with E-state index < -0.39 is 0 Å². The highest BCUT2D eigenvalue weighted by molar-refractivity contribution is 9.10. The molecule has 0 heterocycles. The van der Waals surface area contributed by atoms with E-state index in [4.69, 9.17) is 5.73 Å². The van der Waals surface area contributed by atoms with E-state index in [1.165, 1.54) is 6.07 Å². The zero-order valence-corrected chi connectivity index (χ0v) is 11.8. The van der Waals surface area contributed by atoms with E-state index in [2.05, 4.69) is 40.0 Å². The van der Waals surface area contributed by atoms with Crippen LogP contribution < -0.4 is 11.1 Å². The molecule has 96 valence electrons. The Hall–Kier alpha value is -0.810. The number of halogens is 2. The Morgan fingerprint density at radius 1 is 1.35 bits per heavy atom. The Morgan fingerprint density at radius 2 is 2.00 bits per heavy atom. The van der Waals surface area contributed by atoms with Crippen molar-refractivity contribution < 1.29 is 4.39 Å². The van der Waals surface area contributed by atoms with E-state index in [9.17, 15) is 4.39 Å². The molecule has 0 saturated carbocycles. The molecule has 3 nitrogen and oxygen atoms in total. The van der Waals surface area contributed by atoms with Gasteiger partial charge in [0.2, 0.25) is 0 Å². The molecule has 0 amide bonds. The Kier molecular flexibility index (Phi) is 5.71. The number of benzene rings is 1. The zero-order chi connectivity index (χ0) is 12.8. The SMILES string of the molecule is CCN(CC)CCNc1cc(F)c(Br)cc1N. The first kappa shape index (κ1) is 14.3. The summed E-state index contributed by atoms with van der Waals surface area (Å²) in [6.07, 6.45) is 0. The van der Waals surface area contributed by atoms with Crippen LogP contribution in [0.25, 0.3) is 0 Å². The smallest absolute Gasteiger partial charge is 0.139 e. The highest BCUT2D eigenvalue weighted by atomic mass is 79.9. The van der Waals surface area contributed by atoms with E-state index in [0.29, 0.717) is 15.8 Å². The minimum Gasteiger partial charge on any atom is -0.397 e. The third-order valence-electron chi connectivity index (χ3n) is 2.73. The Balaban J connectivity index is 2.55. The fraction of sp³-hybridized carbons (Fsp3) is 0.500. The molecule has 0 aliphatic carbocycles. The van der Waals surface area contributed by atoms with Crippen molar-refractivity contribution in [2.45, 2.75) is 13.8 Å². The number of nitrogens with zero attached hydrogens (tertiary/aromatic N) is 1. The topological polar surface area (TPSA) is 41.3 Å². The first-order valence-electron chi connectivity index (χ1n) is 5.79. The Bertz CT molecular complexity index is 367. The number of rotatable bonds is 6. The van der Waals surface area contributed by atoms with Gasteiger partial charge in [0.05, 0.1) is 15.8 Å². The molecule has 0 fully saturated rings. The van der Waals surface area contributed by atoms with Crippen LogP contribution in [0, 0.1) is 5.82 Å². The lowest BCUT2D eigenvalue weighted by Gasteiger charge is -2.19. The van der Waals surface area contributed by atoms with Crippen molar-refractivity contribution in [1.82, 2.24) is 4.90 Å². The summed E-state index contributed by atoms with van der Waals surface area (Å²) in [5.74, 6) is -0.301. The number of nitrogens with one attached hydrogen (secondary N) is 1. The van der Waals surface area contributed by atoms with Crippen LogP contribution in [-0.4, -0.2) is 31.1 Å². The summed E-state index contributed by atoms with van der Waals surface area (Å²) in [4.78, 5) is 2.29. The van der Waals surface area contributed by atoms with Gasteiger partial charge in [0.15, 0.2) is 0 Å². The van der Waals surface area contributed by atoms with Crippen molar-refractivity contribution in [3.63, 3.8) is 0 Å². The van der Waals surface area contributed by atoms with E-state index in [1.54, 1.807) is 6.07 Å². The fourth-order valence-corrected chi connectivity index (χ4v) is 1.96. The average molecular weight is 304 g/mol. The van der Waals surface area contributed by atoms with E-state index in [-0.39, 0.29) is 5.82 Å². The van der Waals surface area contributed by atoms with Crippen LogP contribution in [0.15, 0.2) is 16.6 Å². The maximum atomic E-state index is 13.3. The number of hydrogen-bond donors (Lipinski definition) is 2. The van der Waals surface area contributed by atoms with Crippen LogP contribution in [0.2, 0.25) is 0 Å². The normalized spacial score (nSPS) is 10.9. The van der Waals surface area contributed by atoms with Crippen LogP contribution in [0.5, 0.6) is 0 Å². The minimum atomic E-state index is -0.301. The molecule has 5 heteroatoms. The maximum Gasteiger partial charge on any atom is 0.139 e. The second-order valence-corrected chi connectivity index (χ2v) is 4.66. The molecule has 0 bridgehead atoms. The van der Waals surface area contributed by atoms with Gasteiger partial charge in [-0.3, -0.25) is 0 Å². The summed E-state index contributed by atoms with van der Waals surface area (Å²) in [5.41, 5.74) is 7.00. The van der Waals surface area contributed by atoms with Crippen LogP contribution in [0.4, 0.5) is 15.8 Å². The van der Waals surface area contributed by atoms with Gasteiger partial charge in [0.25, 0.3) is 0 Å². The van der Waals surface area contributed by atoms with Gasteiger partial charge >= 0.3 is 0 Å². The van der Waals surface area contributed by atoms with Crippen molar-refractivity contribution in [1.29, 1.82) is 0 Å². The molecule has 1 aromatic rings. The van der Waals surface area contributed by atoms with Crippen molar-refractivity contribution in [3.8, 4) is 0 Å². The standard InChI is InChI=1S/C12H19BrFN3/c1-3-17(4-2)6-5-16-12-8-10(14)9(13)7-11(12)15/h7-8,16H,3-6,15H2,1-2H3. The molecule has 0 aliphatic heterocycles. The summed E-state index contributed by atoms with van der Waals surface area (Å²) >= 11 is 3.10. The van der Waals surface area contributed by atoms with Crippen molar-refractivity contribution in [2.75, 3.05) is 37.2 Å². The molecule has 0 unspecified atom stereocenters. The monoisotopic (exact) mass is 303 g/mol. The van der Waals surface area contributed by atoms with Crippen molar-refractivity contribution in [3.05, 3.63) is 22.4 Å².